The van der Waals surface area contributed by atoms with Gasteiger partial charge in [-0.05, 0) is 25.7 Å². The van der Waals surface area contributed by atoms with Crippen molar-refractivity contribution in [1.29, 1.82) is 0 Å². The molecule has 1 rings (SSSR count). The van der Waals surface area contributed by atoms with Gasteiger partial charge in [0.25, 0.3) is 0 Å². The third kappa shape index (κ3) is 13.1. The lowest BCUT2D eigenvalue weighted by molar-refractivity contribution is 0.0690. The number of hydrogen-bond acceptors (Lipinski definition) is 5. The fourth-order valence-electron chi connectivity index (χ4n) is 4.85. The minimum Gasteiger partial charge on any atom is -0.504 e. The molecule has 0 fully saturated rings. The van der Waals surface area contributed by atoms with Gasteiger partial charge in [0.2, 0.25) is 11.5 Å². The van der Waals surface area contributed by atoms with E-state index in [4.69, 9.17) is 9.47 Å². The number of hydrogen-bond donors (Lipinski definition) is 3. The van der Waals surface area contributed by atoms with Crippen LogP contribution in [0.4, 0.5) is 0 Å². The van der Waals surface area contributed by atoms with Gasteiger partial charge in [0.05, 0.1) is 13.2 Å². The third-order valence-electron chi connectivity index (χ3n) is 7.19. The lowest BCUT2D eigenvalue weighted by Crippen LogP contribution is -2.11. The van der Waals surface area contributed by atoms with Gasteiger partial charge < -0.3 is 24.8 Å². The Balaban J connectivity index is 2.88. The molecule has 1 aromatic rings. The summed E-state index contributed by atoms with van der Waals surface area (Å²) in [5.41, 5.74) is 0.149. The zero-order valence-corrected chi connectivity index (χ0v) is 24.6. The van der Waals surface area contributed by atoms with E-state index in [-0.39, 0.29) is 17.1 Å². The Morgan fingerprint density at radius 1 is 0.553 bits per heavy atom. The van der Waals surface area contributed by atoms with Crippen LogP contribution in [-0.4, -0.2) is 34.5 Å². The molecule has 6 heteroatoms. The van der Waals surface area contributed by atoms with Crippen molar-refractivity contribution in [3.63, 3.8) is 0 Å². The number of aromatic carboxylic acids is 1. The molecule has 3 N–H and O–H groups in total. The van der Waals surface area contributed by atoms with Gasteiger partial charge in [-0.25, -0.2) is 4.79 Å². The van der Waals surface area contributed by atoms with Crippen LogP contribution in [0.5, 0.6) is 23.0 Å². The topological polar surface area (TPSA) is 96.2 Å². The fourth-order valence-corrected chi connectivity index (χ4v) is 4.85. The summed E-state index contributed by atoms with van der Waals surface area (Å²) in [6.45, 7) is 7.34. The van der Waals surface area contributed by atoms with E-state index in [9.17, 15) is 20.1 Å². The maximum atomic E-state index is 12.1. The molecule has 38 heavy (non-hydrogen) atoms. The van der Waals surface area contributed by atoms with Crippen LogP contribution in [-0.2, 0) is 6.42 Å². The molecule has 0 aromatic heterocycles. The predicted molar refractivity (Wildman–Crippen MR) is 156 cm³/mol. The van der Waals surface area contributed by atoms with Crippen molar-refractivity contribution in [3.8, 4) is 23.0 Å². The van der Waals surface area contributed by atoms with E-state index in [2.05, 4.69) is 20.8 Å². The Morgan fingerprint density at radius 3 is 1.39 bits per heavy atom. The van der Waals surface area contributed by atoms with E-state index < -0.39 is 17.5 Å². The highest BCUT2D eigenvalue weighted by Crippen LogP contribution is 2.49. The number of ether oxygens (including phenoxy) is 2. The van der Waals surface area contributed by atoms with Gasteiger partial charge >= 0.3 is 5.97 Å². The van der Waals surface area contributed by atoms with E-state index in [1.54, 1.807) is 0 Å². The van der Waals surface area contributed by atoms with Gasteiger partial charge in [0, 0.05) is 5.56 Å². The van der Waals surface area contributed by atoms with Gasteiger partial charge in [0.1, 0.15) is 5.56 Å². The van der Waals surface area contributed by atoms with Crippen LogP contribution in [0.15, 0.2) is 0 Å². The molecule has 0 amide bonds. The van der Waals surface area contributed by atoms with Crippen LogP contribution in [0.1, 0.15) is 159 Å². The van der Waals surface area contributed by atoms with Crippen molar-refractivity contribution in [1.82, 2.24) is 0 Å². The maximum absolute atomic E-state index is 12.1. The van der Waals surface area contributed by atoms with Crippen LogP contribution in [0, 0.1) is 0 Å². The van der Waals surface area contributed by atoms with Gasteiger partial charge in [-0.1, -0.05) is 124 Å². The lowest BCUT2D eigenvalue weighted by Gasteiger charge is -2.21. The first-order valence-corrected chi connectivity index (χ1v) is 15.6. The van der Waals surface area contributed by atoms with Gasteiger partial charge in [-0.3, -0.25) is 0 Å². The molecular formula is C32H56O6. The van der Waals surface area contributed by atoms with E-state index in [0.717, 1.165) is 57.8 Å². The first-order valence-electron chi connectivity index (χ1n) is 15.6. The summed E-state index contributed by atoms with van der Waals surface area (Å²) in [7, 11) is 0. The summed E-state index contributed by atoms with van der Waals surface area (Å²) >= 11 is 0. The Hall–Kier alpha value is -2.11. The average Bonchev–Trinajstić information content (AvgIpc) is 2.90. The number of benzene rings is 1. The molecular weight excluding hydrogens is 480 g/mol. The fraction of sp³-hybridized carbons (Fsp3) is 0.781. The monoisotopic (exact) mass is 536 g/mol. The minimum atomic E-state index is -1.27. The minimum absolute atomic E-state index is 0.0847. The van der Waals surface area contributed by atoms with Crippen LogP contribution in [0.25, 0.3) is 0 Å². The average molecular weight is 537 g/mol. The second-order valence-corrected chi connectivity index (χ2v) is 10.6. The third-order valence-corrected chi connectivity index (χ3v) is 7.19. The van der Waals surface area contributed by atoms with Crippen molar-refractivity contribution in [2.75, 3.05) is 13.2 Å². The summed E-state index contributed by atoms with van der Waals surface area (Å²) in [4.78, 5) is 12.1. The highest BCUT2D eigenvalue weighted by Gasteiger charge is 2.29. The van der Waals surface area contributed by atoms with Gasteiger partial charge in [-0.15, -0.1) is 0 Å². The zero-order valence-electron chi connectivity index (χ0n) is 24.6. The van der Waals surface area contributed by atoms with E-state index in [1.807, 2.05) is 0 Å². The summed E-state index contributed by atoms with van der Waals surface area (Å²) in [5, 5.41) is 31.2. The molecule has 0 saturated heterocycles. The normalized spacial score (nSPS) is 11.1. The highest BCUT2D eigenvalue weighted by molar-refractivity contribution is 5.96. The van der Waals surface area contributed by atoms with Crippen molar-refractivity contribution in [3.05, 3.63) is 11.1 Å². The van der Waals surface area contributed by atoms with Crippen LogP contribution in [0.2, 0.25) is 0 Å². The molecule has 0 saturated carbocycles. The Kier molecular flexibility index (Phi) is 19.4. The number of unbranched alkanes of at least 4 members (excludes halogenated alkanes) is 16. The predicted octanol–water partition coefficient (Wildman–Crippen LogP) is 9.57. The SMILES string of the molecule is CCCCCCCCCCOc1c(O)c(O)c(C(=O)O)c(CCCCC)c1OCCCCCCCCCC. The summed E-state index contributed by atoms with van der Waals surface area (Å²) in [6.07, 6.45) is 21.8. The molecule has 0 radical (unpaired) electrons. The number of carboxylic acids is 1. The summed E-state index contributed by atoms with van der Waals surface area (Å²) in [5.74, 6) is -2.06. The molecule has 0 heterocycles. The standard InChI is InChI=1S/C32H56O6/c1-4-7-10-12-14-16-18-21-24-37-30-26(23-20-9-6-3)27(32(35)36)28(33)29(34)31(30)38-25-22-19-17-15-13-11-8-5-2/h33-34H,4-25H2,1-3H3,(H,35,36). The van der Waals surface area contributed by atoms with E-state index in [1.165, 1.54) is 64.2 Å². The zero-order chi connectivity index (χ0) is 28.0. The maximum Gasteiger partial charge on any atom is 0.340 e. The smallest absolute Gasteiger partial charge is 0.340 e. The van der Waals surface area contributed by atoms with Crippen LogP contribution >= 0.6 is 0 Å². The number of phenolic OH excluding ortho intramolecular Hbond substituents is 1. The first-order chi connectivity index (χ1) is 18.5. The van der Waals surface area contributed by atoms with Crippen molar-refractivity contribution in [2.24, 2.45) is 0 Å². The molecule has 0 aliphatic rings. The van der Waals surface area contributed by atoms with Gasteiger partial charge in [-0.2, -0.15) is 0 Å². The quantitative estimate of drug-likeness (QED) is 0.0850. The number of carboxylic acid groups (broad SMARTS) is 1. The molecule has 0 atom stereocenters. The molecule has 1 aromatic carbocycles. The molecule has 0 unspecified atom stereocenters. The van der Waals surface area contributed by atoms with Crippen molar-refractivity contribution < 1.29 is 29.6 Å². The van der Waals surface area contributed by atoms with Crippen molar-refractivity contribution in [2.45, 2.75) is 149 Å². The summed E-state index contributed by atoms with van der Waals surface area (Å²) in [6, 6.07) is 0. The Bertz CT molecular complexity index is 761. The first kappa shape index (κ1) is 33.9. The second-order valence-electron chi connectivity index (χ2n) is 10.6. The molecule has 0 aliphatic carbocycles. The number of carbonyl (C=O) groups is 1. The molecule has 220 valence electrons. The number of phenols is 2. The van der Waals surface area contributed by atoms with E-state index >= 15 is 0 Å². The van der Waals surface area contributed by atoms with Crippen LogP contribution < -0.4 is 9.47 Å². The van der Waals surface area contributed by atoms with Crippen molar-refractivity contribution >= 4 is 5.97 Å². The Morgan fingerprint density at radius 2 is 0.947 bits per heavy atom. The number of rotatable bonds is 25. The Labute approximate surface area is 232 Å². The van der Waals surface area contributed by atoms with Crippen LogP contribution in [0.3, 0.4) is 0 Å². The lowest BCUT2D eigenvalue weighted by atomic mass is 9.97. The highest BCUT2D eigenvalue weighted by atomic mass is 16.5. The molecule has 0 bridgehead atoms. The molecule has 0 aliphatic heterocycles. The van der Waals surface area contributed by atoms with Gasteiger partial charge in [0.15, 0.2) is 11.5 Å². The number of aromatic hydroxyl groups is 2. The molecule has 0 spiro atoms. The van der Waals surface area contributed by atoms with E-state index in [0.29, 0.717) is 25.2 Å². The molecule has 6 nitrogen and oxygen atoms in total. The largest absolute Gasteiger partial charge is 0.504 e. The second kappa shape index (κ2) is 21.8. The summed E-state index contributed by atoms with van der Waals surface area (Å²) < 4.78 is 12.1.